The Hall–Kier alpha value is -2.44. The van der Waals surface area contributed by atoms with Crippen LogP contribution in [0.3, 0.4) is 0 Å². The van der Waals surface area contributed by atoms with Crippen molar-refractivity contribution in [3.8, 4) is 0 Å². The Morgan fingerprint density at radius 2 is 2.13 bits per heavy atom. The molecule has 2 aliphatic carbocycles. The molecule has 2 saturated carbocycles. The van der Waals surface area contributed by atoms with Crippen molar-refractivity contribution < 1.29 is 0 Å². The van der Waals surface area contributed by atoms with Crippen LogP contribution in [0, 0.1) is 12.8 Å². The van der Waals surface area contributed by atoms with Crippen molar-refractivity contribution in [1.82, 2.24) is 29.7 Å². The number of H-pyrrole nitrogens is 1. The second-order valence-electron chi connectivity index (χ2n) is 6.73. The van der Waals surface area contributed by atoms with E-state index in [9.17, 15) is 0 Å². The van der Waals surface area contributed by atoms with E-state index in [1.54, 1.807) is 6.33 Å². The van der Waals surface area contributed by atoms with Gasteiger partial charge in [0.2, 0.25) is 5.95 Å². The number of fused-ring (bicyclic) bond motifs is 1. The molecule has 2 aliphatic rings. The molecule has 0 spiro atoms. The summed E-state index contributed by atoms with van der Waals surface area (Å²) in [4.78, 5) is 16.7. The summed E-state index contributed by atoms with van der Waals surface area (Å²) in [5, 5.41) is 7.93. The predicted molar refractivity (Wildman–Crippen MR) is 86.6 cm³/mol. The first-order valence-electron chi connectivity index (χ1n) is 8.28. The summed E-state index contributed by atoms with van der Waals surface area (Å²) in [6.07, 6.45) is 8.78. The molecule has 0 bridgehead atoms. The normalized spacial score (nSPS) is 17.8. The molecule has 23 heavy (non-hydrogen) atoms. The van der Waals surface area contributed by atoms with Crippen molar-refractivity contribution in [3.63, 3.8) is 0 Å². The SMILES string of the molecule is Cc1nn(CC2CC2)cc1Nc1nc(C2CC2)c2nc[nH]c2n1. The molecule has 0 atom stereocenters. The number of nitrogens with one attached hydrogen (secondary N) is 2. The summed E-state index contributed by atoms with van der Waals surface area (Å²) < 4.78 is 2.03. The van der Waals surface area contributed by atoms with Crippen molar-refractivity contribution in [3.05, 3.63) is 23.9 Å². The van der Waals surface area contributed by atoms with Crippen molar-refractivity contribution in [2.75, 3.05) is 5.32 Å². The lowest BCUT2D eigenvalue weighted by atomic mass is 10.2. The number of nitrogens with zero attached hydrogens (tertiary/aromatic N) is 5. The van der Waals surface area contributed by atoms with Gasteiger partial charge in [-0.05, 0) is 38.5 Å². The molecular weight excluding hydrogens is 290 g/mol. The molecule has 3 aromatic rings. The van der Waals surface area contributed by atoms with Gasteiger partial charge in [-0.15, -0.1) is 0 Å². The Balaban J connectivity index is 1.47. The molecule has 3 heterocycles. The lowest BCUT2D eigenvalue weighted by molar-refractivity contribution is 0.560. The summed E-state index contributed by atoms with van der Waals surface area (Å²) in [6, 6.07) is 0. The fourth-order valence-corrected chi connectivity index (χ4v) is 2.97. The molecule has 0 aromatic carbocycles. The fraction of sp³-hybridized carbons (Fsp3) is 0.500. The first-order chi connectivity index (χ1) is 11.3. The molecule has 7 heteroatoms. The molecule has 2 N–H and O–H groups in total. The molecule has 0 unspecified atom stereocenters. The average Bonchev–Trinajstić information content (AvgIpc) is 3.44. The van der Waals surface area contributed by atoms with Crippen LogP contribution in [0.4, 0.5) is 11.6 Å². The monoisotopic (exact) mass is 309 g/mol. The highest BCUT2D eigenvalue weighted by atomic mass is 15.3. The molecule has 7 nitrogen and oxygen atoms in total. The number of rotatable bonds is 5. The van der Waals surface area contributed by atoms with Crippen LogP contribution in [0.5, 0.6) is 0 Å². The van der Waals surface area contributed by atoms with E-state index in [2.05, 4.69) is 31.6 Å². The minimum Gasteiger partial charge on any atom is -0.329 e. The summed E-state index contributed by atoms with van der Waals surface area (Å²) in [6.45, 7) is 3.03. The number of imidazole rings is 1. The largest absolute Gasteiger partial charge is 0.329 e. The Morgan fingerprint density at radius 1 is 1.26 bits per heavy atom. The second kappa shape index (κ2) is 4.78. The molecule has 0 amide bonds. The zero-order valence-electron chi connectivity index (χ0n) is 13.1. The first-order valence-corrected chi connectivity index (χ1v) is 8.28. The summed E-state index contributed by atoms with van der Waals surface area (Å²) >= 11 is 0. The molecule has 2 fully saturated rings. The van der Waals surface area contributed by atoms with Crippen LogP contribution in [-0.2, 0) is 6.54 Å². The first kappa shape index (κ1) is 13.0. The van der Waals surface area contributed by atoms with Crippen LogP contribution in [0.15, 0.2) is 12.5 Å². The standard InChI is InChI=1S/C16H19N7/c1-9-12(7-23(22-9)6-10-2-3-10)19-16-20-13(11-4-5-11)14-15(21-16)18-8-17-14/h7-8,10-11H,2-6H2,1H3,(H2,17,18,19,20,21). The molecule has 0 radical (unpaired) electrons. The van der Waals surface area contributed by atoms with Crippen molar-refractivity contribution in [1.29, 1.82) is 0 Å². The van der Waals surface area contributed by atoms with E-state index >= 15 is 0 Å². The Labute approximate surface area is 133 Å². The van der Waals surface area contributed by atoms with E-state index in [4.69, 9.17) is 4.98 Å². The zero-order valence-corrected chi connectivity index (χ0v) is 13.1. The van der Waals surface area contributed by atoms with Crippen LogP contribution in [-0.4, -0.2) is 29.7 Å². The minimum atomic E-state index is 0.531. The third-order valence-corrected chi connectivity index (χ3v) is 4.60. The third kappa shape index (κ3) is 2.46. The summed E-state index contributed by atoms with van der Waals surface area (Å²) in [7, 11) is 0. The maximum absolute atomic E-state index is 4.71. The van der Waals surface area contributed by atoms with Gasteiger partial charge in [0.05, 0.1) is 23.4 Å². The van der Waals surface area contributed by atoms with Gasteiger partial charge in [0, 0.05) is 18.7 Å². The topological polar surface area (TPSA) is 84.3 Å². The van der Waals surface area contributed by atoms with Crippen LogP contribution in [0.1, 0.15) is 43.0 Å². The van der Waals surface area contributed by atoms with E-state index in [-0.39, 0.29) is 0 Å². The third-order valence-electron chi connectivity index (χ3n) is 4.60. The highest BCUT2D eigenvalue weighted by molar-refractivity contribution is 5.76. The smallest absolute Gasteiger partial charge is 0.229 e. The van der Waals surface area contributed by atoms with E-state index in [0.717, 1.165) is 40.7 Å². The van der Waals surface area contributed by atoms with Crippen molar-refractivity contribution in [2.24, 2.45) is 5.92 Å². The summed E-state index contributed by atoms with van der Waals surface area (Å²) in [5.41, 5.74) is 4.71. The van der Waals surface area contributed by atoms with Crippen molar-refractivity contribution in [2.45, 2.75) is 45.1 Å². The number of hydrogen-bond donors (Lipinski definition) is 2. The second-order valence-corrected chi connectivity index (χ2v) is 6.73. The fourth-order valence-electron chi connectivity index (χ4n) is 2.97. The van der Waals surface area contributed by atoms with Crippen LogP contribution in [0.25, 0.3) is 11.2 Å². The Bertz CT molecular complexity index is 870. The van der Waals surface area contributed by atoms with Gasteiger partial charge in [0.25, 0.3) is 0 Å². The highest BCUT2D eigenvalue weighted by Gasteiger charge is 2.29. The van der Waals surface area contributed by atoms with Crippen LogP contribution >= 0.6 is 0 Å². The van der Waals surface area contributed by atoms with Gasteiger partial charge in [0.1, 0.15) is 5.52 Å². The molecule has 118 valence electrons. The van der Waals surface area contributed by atoms with E-state index in [1.165, 1.54) is 25.7 Å². The zero-order chi connectivity index (χ0) is 15.4. The number of aromatic amines is 1. The van der Waals surface area contributed by atoms with E-state index in [1.807, 2.05) is 11.6 Å². The van der Waals surface area contributed by atoms with Gasteiger partial charge in [0.15, 0.2) is 5.65 Å². The molecule has 5 rings (SSSR count). The van der Waals surface area contributed by atoms with Crippen molar-refractivity contribution >= 4 is 22.8 Å². The van der Waals surface area contributed by atoms with Crippen LogP contribution < -0.4 is 5.32 Å². The molecule has 3 aromatic heterocycles. The number of aryl methyl sites for hydroxylation is 1. The average molecular weight is 309 g/mol. The van der Waals surface area contributed by atoms with Crippen LogP contribution in [0.2, 0.25) is 0 Å². The van der Waals surface area contributed by atoms with E-state index < -0.39 is 0 Å². The molecular formula is C16H19N7. The minimum absolute atomic E-state index is 0.531. The molecule has 0 aliphatic heterocycles. The number of aromatic nitrogens is 6. The Kier molecular flexibility index (Phi) is 2.71. The van der Waals surface area contributed by atoms with Gasteiger partial charge < -0.3 is 10.3 Å². The van der Waals surface area contributed by atoms with Gasteiger partial charge in [-0.25, -0.2) is 9.97 Å². The number of anilines is 2. The van der Waals surface area contributed by atoms with Gasteiger partial charge in [-0.2, -0.15) is 10.1 Å². The summed E-state index contributed by atoms with van der Waals surface area (Å²) in [5.74, 6) is 1.96. The lowest BCUT2D eigenvalue weighted by Crippen LogP contribution is -2.01. The van der Waals surface area contributed by atoms with E-state index in [0.29, 0.717) is 11.9 Å². The highest BCUT2D eigenvalue weighted by Crippen LogP contribution is 2.41. The van der Waals surface area contributed by atoms with Gasteiger partial charge >= 0.3 is 0 Å². The predicted octanol–water partition coefficient (Wildman–Crippen LogP) is 2.89. The lowest BCUT2D eigenvalue weighted by Gasteiger charge is -2.06. The number of hydrogen-bond acceptors (Lipinski definition) is 5. The Morgan fingerprint density at radius 3 is 2.91 bits per heavy atom. The van der Waals surface area contributed by atoms with Gasteiger partial charge in [-0.1, -0.05) is 0 Å². The van der Waals surface area contributed by atoms with Gasteiger partial charge in [-0.3, -0.25) is 4.68 Å². The maximum Gasteiger partial charge on any atom is 0.229 e. The quantitative estimate of drug-likeness (QED) is 0.757. The maximum atomic E-state index is 4.71. The molecule has 0 saturated heterocycles.